The number of rotatable bonds is 1. The molecule has 12 heavy (non-hydrogen) atoms. The highest BCUT2D eigenvalue weighted by molar-refractivity contribution is 8.22. The van der Waals surface area contributed by atoms with Crippen molar-refractivity contribution in [2.45, 2.75) is 12.5 Å². The molecular formula is C4H7ClNO4PS. The fourth-order valence-electron chi connectivity index (χ4n) is 0.617. The van der Waals surface area contributed by atoms with Gasteiger partial charge in [-0.15, -0.1) is 0 Å². The molecule has 0 aliphatic carbocycles. The van der Waals surface area contributed by atoms with Crippen molar-refractivity contribution in [1.82, 2.24) is 0 Å². The molecule has 0 radical (unpaired) electrons. The fourth-order valence-corrected chi connectivity index (χ4v) is 2.16. The van der Waals surface area contributed by atoms with Crippen molar-refractivity contribution in [3.8, 4) is 0 Å². The number of hydrogen-bond acceptors (Lipinski definition) is 5. The van der Waals surface area contributed by atoms with Crippen LogP contribution < -0.4 is 0 Å². The highest BCUT2D eigenvalue weighted by atomic mass is 35.7. The fraction of sp³-hybridized carbons (Fsp3) is 1.00. The number of nitro groups is 1. The maximum absolute atomic E-state index is 10.5. The summed E-state index contributed by atoms with van der Waals surface area (Å²) in [5.41, 5.74) is -1.21. The molecule has 1 saturated heterocycles. The van der Waals surface area contributed by atoms with E-state index in [2.05, 4.69) is 0 Å². The molecule has 1 aliphatic heterocycles. The molecule has 0 N–H and O–H groups in total. The average molecular weight is 232 g/mol. The molecule has 0 atom stereocenters. The van der Waals surface area contributed by atoms with Crippen molar-refractivity contribution in [2.75, 3.05) is 13.2 Å². The quantitative estimate of drug-likeness (QED) is 0.389. The molecule has 8 heteroatoms. The highest BCUT2D eigenvalue weighted by Crippen LogP contribution is 2.57. The van der Waals surface area contributed by atoms with Gasteiger partial charge in [0.05, 0.1) is 0 Å². The predicted molar refractivity (Wildman–Crippen MR) is 47.4 cm³/mol. The third-order valence-electron chi connectivity index (χ3n) is 1.50. The third-order valence-corrected chi connectivity index (χ3v) is 3.59. The Morgan fingerprint density at radius 1 is 1.67 bits per heavy atom. The van der Waals surface area contributed by atoms with Gasteiger partial charge in [0, 0.05) is 11.8 Å². The topological polar surface area (TPSA) is 61.6 Å². The maximum Gasteiger partial charge on any atom is 0.282 e. The van der Waals surface area contributed by atoms with Gasteiger partial charge in [-0.3, -0.25) is 10.1 Å². The van der Waals surface area contributed by atoms with Crippen molar-refractivity contribution in [1.29, 1.82) is 0 Å². The van der Waals surface area contributed by atoms with Gasteiger partial charge in [0.15, 0.2) is 0 Å². The largest absolute Gasteiger partial charge is 0.310 e. The first kappa shape index (κ1) is 10.3. The highest BCUT2D eigenvalue weighted by Gasteiger charge is 2.45. The van der Waals surface area contributed by atoms with Gasteiger partial charge in [0.2, 0.25) is 0 Å². The van der Waals surface area contributed by atoms with Gasteiger partial charge < -0.3 is 9.05 Å². The average Bonchev–Trinajstić information content (AvgIpc) is 1.96. The zero-order valence-electron chi connectivity index (χ0n) is 6.23. The number of nitrogens with zero attached hydrogens (tertiary/aromatic N) is 1. The smallest absolute Gasteiger partial charge is 0.282 e. The number of hydrogen-bond donors (Lipinski definition) is 0. The SMILES string of the molecule is CC1([N+](=O)[O-])COP(=S)(Cl)OC1. The molecule has 0 amide bonds. The molecule has 70 valence electrons. The van der Waals surface area contributed by atoms with Crippen LogP contribution in [0.2, 0.25) is 0 Å². The van der Waals surface area contributed by atoms with Crippen molar-refractivity contribution in [3.05, 3.63) is 10.1 Å². The van der Waals surface area contributed by atoms with Crippen LogP contribution in [0.1, 0.15) is 6.92 Å². The zero-order valence-corrected chi connectivity index (χ0v) is 8.69. The molecule has 1 rings (SSSR count). The normalized spacial score (nSPS) is 42.5. The van der Waals surface area contributed by atoms with Crippen molar-refractivity contribution in [2.24, 2.45) is 0 Å². The van der Waals surface area contributed by atoms with Gasteiger partial charge in [-0.1, -0.05) is 0 Å². The van der Waals surface area contributed by atoms with E-state index in [0.29, 0.717) is 0 Å². The third kappa shape index (κ3) is 2.14. The summed E-state index contributed by atoms with van der Waals surface area (Å²) in [5, 5.41) is 10.5. The Morgan fingerprint density at radius 2 is 2.08 bits per heavy atom. The Hall–Kier alpha value is 0.260. The Bertz CT molecular complexity index is 247. The Labute approximate surface area is 79.1 Å². The van der Waals surface area contributed by atoms with Gasteiger partial charge in [-0.05, 0) is 23.0 Å². The van der Waals surface area contributed by atoms with E-state index in [9.17, 15) is 10.1 Å². The molecule has 0 aromatic carbocycles. The molecular weight excluding hydrogens is 225 g/mol. The van der Waals surface area contributed by atoms with Gasteiger partial charge in [-0.25, -0.2) is 0 Å². The van der Waals surface area contributed by atoms with Crippen molar-refractivity contribution < 1.29 is 14.0 Å². The molecule has 0 saturated carbocycles. The van der Waals surface area contributed by atoms with Crippen molar-refractivity contribution in [3.63, 3.8) is 0 Å². The summed E-state index contributed by atoms with van der Waals surface area (Å²) in [6, 6.07) is 0. The van der Waals surface area contributed by atoms with E-state index in [-0.39, 0.29) is 13.2 Å². The summed E-state index contributed by atoms with van der Waals surface area (Å²) in [4.78, 5) is 10.0. The Kier molecular flexibility index (Phi) is 2.75. The van der Waals surface area contributed by atoms with Crippen LogP contribution in [0.25, 0.3) is 0 Å². The molecule has 1 heterocycles. The van der Waals surface area contributed by atoms with E-state index in [1.54, 1.807) is 0 Å². The standard InChI is InChI=1S/C4H7ClNO4PS/c1-4(6(7)8)2-9-11(5,12)10-3-4/h2-3H2,1H3. The van der Waals surface area contributed by atoms with Crippen LogP contribution in [0.3, 0.4) is 0 Å². The van der Waals surface area contributed by atoms with Crippen molar-refractivity contribution >= 4 is 28.9 Å². The second-order valence-corrected chi connectivity index (χ2v) is 7.49. The van der Waals surface area contributed by atoms with E-state index in [0.717, 1.165) is 0 Å². The minimum Gasteiger partial charge on any atom is -0.310 e. The molecule has 1 fully saturated rings. The summed E-state index contributed by atoms with van der Waals surface area (Å²) < 4.78 is 9.74. The van der Waals surface area contributed by atoms with E-state index in [1.807, 2.05) is 0 Å². The van der Waals surface area contributed by atoms with Crippen LogP contribution in [0.5, 0.6) is 0 Å². The van der Waals surface area contributed by atoms with E-state index in [4.69, 9.17) is 32.1 Å². The van der Waals surface area contributed by atoms with Crippen LogP contribution >= 0.6 is 17.1 Å². The van der Waals surface area contributed by atoms with Crippen LogP contribution in [-0.4, -0.2) is 23.7 Å². The molecule has 0 aromatic rings. The van der Waals surface area contributed by atoms with Gasteiger partial charge in [0.1, 0.15) is 13.2 Å². The lowest BCUT2D eigenvalue weighted by atomic mass is 10.1. The molecule has 0 spiro atoms. The minimum absolute atomic E-state index is 0.0826. The van der Waals surface area contributed by atoms with Crippen LogP contribution in [-0.2, 0) is 20.9 Å². The molecule has 0 bridgehead atoms. The van der Waals surface area contributed by atoms with Gasteiger partial charge in [-0.2, -0.15) is 0 Å². The number of halogens is 1. The van der Waals surface area contributed by atoms with E-state index < -0.39 is 16.3 Å². The Morgan fingerprint density at radius 3 is 2.42 bits per heavy atom. The first-order chi connectivity index (χ1) is 5.36. The Balaban J connectivity index is 2.68. The zero-order chi connectivity index (χ0) is 9.41. The lowest BCUT2D eigenvalue weighted by Gasteiger charge is -2.29. The first-order valence-electron chi connectivity index (χ1n) is 3.09. The van der Waals surface area contributed by atoms with Gasteiger partial charge in [0.25, 0.3) is 11.4 Å². The molecule has 1 aliphatic rings. The van der Waals surface area contributed by atoms with Gasteiger partial charge >= 0.3 is 0 Å². The lowest BCUT2D eigenvalue weighted by Crippen LogP contribution is -2.46. The molecule has 0 unspecified atom stereocenters. The van der Waals surface area contributed by atoms with E-state index in [1.165, 1.54) is 6.92 Å². The maximum atomic E-state index is 10.5. The summed E-state index contributed by atoms with van der Waals surface area (Å²) in [5.74, 6) is -2.71. The second-order valence-electron chi connectivity index (χ2n) is 2.73. The monoisotopic (exact) mass is 231 g/mol. The summed E-state index contributed by atoms with van der Waals surface area (Å²) in [6.45, 7) is 1.26. The predicted octanol–water partition coefficient (Wildman–Crippen LogP) is 1.53. The second kappa shape index (κ2) is 3.20. The summed E-state index contributed by atoms with van der Waals surface area (Å²) in [6.07, 6.45) is 0. The summed E-state index contributed by atoms with van der Waals surface area (Å²) >= 11 is 10.3. The van der Waals surface area contributed by atoms with Crippen LogP contribution in [0, 0.1) is 10.1 Å². The lowest BCUT2D eigenvalue weighted by molar-refractivity contribution is -0.572. The molecule has 0 aromatic heterocycles. The molecule has 5 nitrogen and oxygen atoms in total. The van der Waals surface area contributed by atoms with Crippen LogP contribution in [0.4, 0.5) is 0 Å². The minimum atomic E-state index is -2.71. The van der Waals surface area contributed by atoms with Crippen LogP contribution in [0.15, 0.2) is 0 Å². The summed E-state index contributed by atoms with van der Waals surface area (Å²) in [7, 11) is 0. The first-order valence-corrected chi connectivity index (χ1v) is 6.63. The van der Waals surface area contributed by atoms with E-state index >= 15 is 0 Å².